The van der Waals surface area contributed by atoms with Gasteiger partial charge in [-0.1, -0.05) is 36.4 Å². The molecule has 3 aliphatic rings. The van der Waals surface area contributed by atoms with E-state index in [2.05, 4.69) is 40.4 Å². The molecule has 0 radical (unpaired) electrons. The maximum absolute atomic E-state index is 13.4. The Kier molecular flexibility index (Phi) is 6.55. The van der Waals surface area contributed by atoms with Gasteiger partial charge in [0.25, 0.3) is 10.0 Å². The summed E-state index contributed by atoms with van der Waals surface area (Å²) in [5.74, 6) is 3.96. The minimum atomic E-state index is -3.80. The summed E-state index contributed by atoms with van der Waals surface area (Å²) in [6.07, 6.45) is 5.67. The molecule has 0 amide bonds. The lowest BCUT2D eigenvalue weighted by Crippen LogP contribution is -2.31. The summed E-state index contributed by atoms with van der Waals surface area (Å²) in [5, 5.41) is 3.71. The third-order valence-corrected chi connectivity index (χ3v) is 9.78. The van der Waals surface area contributed by atoms with Gasteiger partial charge < -0.3 is 14.8 Å². The Morgan fingerprint density at radius 3 is 2.73 bits per heavy atom. The number of anilines is 2. The molecule has 6 rings (SSSR count). The molecule has 192 valence electrons. The van der Waals surface area contributed by atoms with E-state index in [9.17, 15) is 8.42 Å². The minimum Gasteiger partial charge on any atom is -0.492 e. The summed E-state index contributed by atoms with van der Waals surface area (Å²) in [6.45, 7) is 2.33. The van der Waals surface area contributed by atoms with Gasteiger partial charge >= 0.3 is 0 Å². The number of rotatable bonds is 8. The first-order valence-electron chi connectivity index (χ1n) is 12.7. The number of ether oxygens (including phenoxy) is 2. The fraction of sp³-hybridized carbons (Fsp3) is 0.310. The molecule has 37 heavy (non-hydrogen) atoms. The molecule has 0 unspecified atom stereocenters. The lowest BCUT2D eigenvalue weighted by molar-refractivity contribution is 0.240. The first-order chi connectivity index (χ1) is 18.0. The zero-order valence-corrected chi connectivity index (χ0v) is 22.2. The van der Waals surface area contributed by atoms with E-state index in [0.717, 1.165) is 34.9 Å². The van der Waals surface area contributed by atoms with Crippen LogP contribution in [0.1, 0.15) is 36.4 Å². The molecular weight excluding hydrogens is 504 g/mol. The van der Waals surface area contributed by atoms with Gasteiger partial charge in [-0.05, 0) is 72.9 Å². The van der Waals surface area contributed by atoms with E-state index in [0.29, 0.717) is 30.1 Å². The molecule has 6 nitrogen and oxygen atoms in total. The van der Waals surface area contributed by atoms with E-state index in [-0.39, 0.29) is 16.9 Å². The first-order valence-corrected chi connectivity index (χ1v) is 15.3. The fourth-order valence-corrected chi connectivity index (χ4v) is 7.03. The monoisotopic (exact) mass is 534 g/mol. The Hall–Kier alpha value is -3.10. The van der Waals surface area contributed by atoms with Crippen LogP contribution < -0.4 is 19.5 Å². The highest BCUT2D eigenvalue weighted by Crippen LogP contribution is 2.50. The SMILES string of the molecule is CCOc1ccccc1NS(=O)(=O)c1ccc2c(c1)[C@H]1C=CC[C@H]1[C@@H](c1cccc(OC3CSC3)c1)N2. The number of hydrogen-bond donors (Lipinski definition) is 2. The first kappa shape index (κ1) is 24.2. The van der Waals surface area contributed by atoms with Gasteiger partial charge in [0.15, 0.2) is 0 Å². The number of benzene rings is 3. The highest BCUT2D eigenvalue weighted by Gasteiger charge is 2.38. The maximum Gasteiger partial charge on any atom is 0.262 e. The molecule has 2 heterocycles. The predicted octanol–water partition coefficient (Wildman–Crippen LogP) is 6.21. The summed E-state index contributed by atoms with van der Waals surface area (Å²) in [7, 11) is -3.80. The number of para-hydroxylation sites is 2. The van der Waals surface area contributed by atoms with Gasteiger partial charge in [0.05, 0.1) is 23.2 Å². The Balaban J connectivity index is 1.28. The third-order valence-electron chi connectivity index (χ3n) is 7.20. The summed E-state index contributed by atoms with van der Waals surface area (Å²) in [5.41, 5.74) is 3.60. The molecule has 3 aromatic carbocycles. The molecule has 3 aromatic rings. The van der Waals surface area contributed by atoms with E-state index in [1.807, 2.05) is 43.0 Å². The quantitative estimate of drug-likeness (QED) is 0.335. The van der Waals surface area contributed by atoms with E-state index >= 15 is 0 Å². The Labute approximate surface area is 222 Å². The predicted molar refractivity (Wildman–Crippen MR) is 149 cm³/mol. The molecule has 0 spiro atoms. The number of nitrogens with one attached hydrogen (secondary N) is 2. The highest BCUT2D eigenvalue weighted by molar-refractivity contribution is 8.00. The largest absolute Gasteiger partial charge is 0.492 e. The van der Waals surface area contributed by atoms with Crippen molar-refractivity contribution in [2.45, 2.75) is 36.3 Å². The van der Waals surface area contributed by atoms with Crippen molar-refractivity contribution in [3.8, 4) is 11.5 Å². The number of allylic oxidation sites excluding steroid dienone is 2. The average molecular weight is 535 g/mol. The zero-order valence-electron chi connectivity index (χ0n) is 20.6. The van der Waals surface area contributed by atoms with Crippen LogP contribution in [0.2, 0.25) is 0 Å². The molecule has 2 N–H and O–H groups in total. The molecule has 2 aliphatic heterocycles. The van der Waals surface area contributed by atoms with Crippen molar-refractivity contribution in [3.63, 3.8) is 0 Å². The van der Waals surface area contributed by atoms with Gasteiger partial charge in [-0.25, -0.2) is 8.42 Å². The van der Waals surface area contributed by atoms with Crippen LogP contribution >= 0.6 is 11.8 Å². The summed E-state index contributed by atoms with van der Waals surface area (Å²) >= 11 is 1.91. The lowest BCUT2D eigenvalue weighted by Gasteiger charge is -2.38. The highest BCUT2D eigenvalue weighted by atomic mass is 32.2. The van der Waals surface area contributed by atoms with Crippen LogP contribution in [0.15, 0.2) is 83.8 Å². The molecule has 1 fully saturated rings. The molecule has 3 atom stereocenters. The maximum atomic E-state index is 13.4. The Morgan fingerprint density at radius 1 is 1.05 bits per heavy atom. The van der Waals surface area contributed by atoms with E-state index in [4.69, 9.17) is 9.47 Å². The van der Waals surface area contributed by atoms with Gasteiger partial charge in [-0.15, -0.1) is 0 Å². The summed E-state index contributed by atoms with van der Waals surface area (Å²) < 4.78 is 41.2. The normalized spacial score (nSPS) is 22.4. The number of thioether (sulfide) groups is 1. The summed E-state index contributed by atoms with van der Waals surface area (Å²) in [6, 6.07) is 21.0. The number of hydrogen-bond acceptors (Lipinski definition) is 6. The Bertz CT molecular complexity index is 1440. The molecular formula is C29H30N2O4S2. The van der Waals surface area contributed by atoms with Crippen molar-refractivity contribution >= 4 is 33.2 Å². The van der Waals surface area contributed by atoms with Gasteiger partial charge in [0.1, 0.15) is 17.6 Å². The number of fused-ring (bicyclic) bond motifs is 3. The van der Waals surface area contributed by atoms with Crippen molar-refractivity contribution in [1.29, 1.82) is 0 Å². The molecule has 1 aliphatic carbocycles. The fourth-order valence-electron chi connectivity index (χ4n) is 5.36. The van der Waals surface area contributed by atoms with Gasteiger partial charge in [0.2, 0.25) is 0 Å². The van der Waals surface area contributed by atoms with Crippen molar-refractivity contribution in [2.75, 3.05) is 28.2 Å². The molecule has 1 saturated heterocycles. The van der Waals surface area contributed by atoms with E-state index < -0.39 is 10.0 Å². The van der Waals surface area contributed by atoms with E-state index in [1.54, 1.807) is 24.3 Å². The van der Waals surface area contributed by atoms with Crippen molar-refractivity contribution in [1.82, 2.24) is 0 Å². The van der Waals surface area contributed by atoms with Crippen LogP contribution in [0, 0.1) is 5.92 Å². The van der Waals surface area contributed by atoms with Crippen LogP contribution in [-0.4, -0.2) is 32.6 Å². The summed E-state index contributed by atoms with van der Waals surface area (Å²) in [4.78, 5) is 0.241. The smallest absolute Gasteiger partial charge is 0.262 e. The molecule has 0 aromatic heterocycles. The second-order valence-corrected chi connectivity index (χ2v) is 12.4. The molecule has 0 saturated carbocycles. The van der Waals surface area contributed by atoms with Crippen molar-refractivity contribution in [2.24, 2.45) is 5.92 Å². The van der Waals surface area contributed by atoms with Crippen LogP contribution in [0.4, 0.5) is 11.4 Å². The van der Waals surface area contributed by atoms with Crippen molar-refractivity contribution in [3.05, 3.63) is 90.0 Å². The van der Waals surface area contributed by atoms with Gasteiger partial charge in [0, 0.05) is 23.1 Å². The van der Waals surface area contributed by atoms with Gasteiger partial charge in [-0.3, -0.25) is 4.72 Å². The second kappa shape index (κ2) is 9.99. The van der Waals surface area contributed by atoms with Crippen LogP contribution in [-0.2, 0) is 10.0 Å². The average Bonchev–Trinajstić information content (AvgIpc) is 3.37. The van der Waals surface area contributed by atoms with Gasteiger partial charge in [-0.2, -0.15) is 11.8 Å². The van der Waals surface area contributed by atoms with E-state index in [1.165, 1.54) is 5.56 Å². The zero-order chi connectivity index (χ0) is 25.4. The number of sulfonamides is 1. The van der Waals surface area contributed by atoms with Crippen LogP contribution in [0.3, 0.4) is 0 Å². The van der Waals surface area contributed by atoms with Crippen LogP contribution in [0.25, 0.3) is 0 Å². The second-order valence-electron chi connectivity index (χ2n) is 9.61. The Morgan fingerprint density at radius 2 is 1.92 bits per heavy atom. The van der Waals surface area contributed by atoms with Crippen LogP contribution in [0.5, 0.6) is 11.5 Å². The third kappa shape index (κ3) is 4.80. The molecule has 8 heteroatoms. The minimum absolute atomic E-state index is 0.116. The standard InChI is InChI=1S/C29H30N2O4S2/c1-2-34-28-12-4-3-11-27(28)31-37(32,33)22-13-14-26-25(16-22)23-9-6-10-24(23)29(30-26)19-7-5-8-20(15-19)35-21-17-36-18-21/h3-9,11-16,21,23-24,29-31H,2,10,17-18H2,1H3/t23-,24+,29+/m0/s1. The van der Waals surface area contributed by atoms with Crippen molar-refractivity contribution < 1.29 is 17.9 Å². The molecule has 0 bridgehead atoms. The topological polar surface area (TPSA) is 76.7 Å². The lowest BCUT2D eigenvalue weighted by atomic mass is 9.77.